The molecular weight excluding hydrogens is 226 g/mol. The minimum absolute atomic E-state index is 0.245. The molecule has 0 aliphatic carbocycles. The number of hydrogen-bond donors (Lipinski definition) is 1. The average Bonchev–Trinajstić information content (AvgIpc) is 2.83. The van der Waals surface area contributed by atoms with Gasteiger partial charge in [0.1, 0.15) is 5.52 Å². The van der Waals surface area contributed by atoms with Crippen molar-refractivity contribution in [2.24, 2.45) is 0 Å². The molecule has 0 aliphatic rings. The zero-order valence-electron chi connectivity index (χ0n) is 10.1. The van der Waals surface area contributed by atoms with Gasteiger partial charge in [-0.05, 0) is 18.9 Å². The standard InChI is InChI=1S/C14H15N3O/c18-8-4-3-7-17-10-16-13-9-15-12-6-2-1-5-11(12)14(13)17/h1-2,5-6,9-10,18H,3-4,7-8H2. The molecule has 0 aliphatic heterocycles. The Kier molecular flexibility index (Phi) is 2.94. The van der Waals surface area contributed by atoms with Gasteiger partial charge in [0.15, 0.2) is 0 Å². The largest absolute Gasteiger partial charge is 0.396 e. The summed E-state index contributed by atoms with van der Waals surface area (Å²) in [4.78, 5) is 8.79. The molecule has 4 heteroatoms. The van der Waals surface area contributed by atoms with E-state index in [1.807, 2.05) is 30.7 Å². The summed E-state index contributed by atoms with van der Waals surface area (Å²) in [6, 6.07) is 8.11. The molecule has 4 nitrogen and oxygen atoms in total. The quantitative estimate of drug-likeness (QED) is 0.713. The average molecular weight is 241 g/mol. The second-order valence-corrected chi connectivity index (χ2v) is 4.38. The Labute approximate surface area is 105 Å². The summed E-state index contributed by atoms with van der Waals surface area (Å²) in [6.45, 7) is 1.13. The molecule has 1 N–H and O–H groups in total. The van der Waals surface area contributed by atoms with E-state index in [4.69, 9.17) is 5.11 Å². The molecule has 0 fully saturated rings. The molecule has 0 amide bonds. The summed E-state index contributed by atoms with van der Waals surface area (Å²) < 4.78 is 2.15. The minimum Gasteiger partial charge on any atom is -0.396 e. The van der Waals surface area contributed by atoms with Crippen LogP contribution in [0, 0.1) is 0 Å². The Hall–Kier alpha value is -1.94. The third-order valence-electron chi connectivity index (χ3n) is 3.16. The van der Waals surface area contributed by atoms with Gasteiger partial charge in [-0.1, -0.05) is 18.2 Å². The van der Waals surface area contributed by atoms with E-state index in [0.717, 1.165) is 41.3 Å². The van der Waals surface area contributed by atoms with E-state index in [0.29, 0.717) is 0 Å². The first kappa shape index (κ1) is 11.2. The fourth-order valence-corrected chi connectivity index (χ4v) is 2.27. The van der Waals surface area contributed by atoms with Gasteiger partial charge in [-0.3, -0.25) is 4.98 Å². The number of para-hydroxylation sites is 1. The third kappa shape index (κ3) is 1.84. The molecule has 0 saturated carbocycles. The summed E-state index contributed by atoms with van der Waals surface area (Å²) in [7, 11) is 0. The van der Waals surface area contributed by atoms with Gasteiger partial charge in [-0.25, -0.2) is 4.98 Å². The molecule has 18 heavy (non-hydrogen) atoms. The zero-order chi connectivity index (χ0) is 12.4. The Bertz CT molecular complexity index is 675. The molecular formula is C14H15N3O. The Morgan fingerprint density at radius 3 is 2.83 bits per heavy atom. The molecule has 0 unspecified atom stereocenters. The lowest BCUT2D eigenvalue weighted by atomic mass is 10.2. The SMILES string of the molecule is OCCCCn1cnc2cnc3ccccc3c21. The molecule has 3 rings (SSSR count). The number of hydrogen-bond acceptors (Lipinski definition) is 3. The number of nitrogens with zero attached hydrogens (tertiary/aromatic N) is 3. The van der Waals surface area contributed by atoms with E-state index < -0.39 is 0 Å². The molecule has 0 atom stereocenters. The number of imidazole rings is 1. The van der Waals surface area contributed by atoms with Gasteiger partial charge in [0.05, 0.1) is 23.6 Å². The van der Waals surface area contributed by atoms with Gasteiger partial charge in [-0.15, -0.1) is 0 Å². The first-order valence-electron chi connectivity index (χ1n) is 6.19. The van der Waals surface area contributed by atoms with Crippen LogP contribution in [0.2, 0.25) is 0 Å². The maximum atomic E-state index is 8.85. The van der Waals surface area contributed by atoms with Crippen molar-refractivity contribution in [2.75, 3.05) is 6.61 Å². The summed E-state index contributed by atoms with van der Waals surface area (Å²) in [6.07, 6.45) is 5.46. The van der Waals surface area contributed by atoms with Crippen molar-refractivity contribution in [1.82, 2.24) is 14.5 Å². The lowest BCUT2D eigenvalue weighted by Gasteiger charge is -2.05. The van der Waals surface area contributed by atoms with E-state index in [-0.39, 0.29) is 6.61 Å². The third-order valence-corrected chi connectivity index (χ3v) is 3.16. The number of aliphatic hydroxyl groups excluding tert-OH is 1. The summed E-state index contributed by atoms with van der Waals surface area (Å²) in [5, 5.41) is 9.98. The molecule has 2 heterocycles. The van der Waals surface area contributed by atoms with Crippen molar-refractivity contribution in [3.63, 3.8) is 0 Å². The van der Waals surface area contributed by atoms with Crippen molar-refractivity contribution in [3.8, 4) is 0 Å². The van der Waals surface area contributed by atoms with Gasteiger partial charge >= 0.3 is 0 Å². The molecule has 0 radical (unpaired) electrons. The van der Waals surface area contributed by atoms with Crippen LogP contribution in [0.1, 0.15) is 12.8 Å². The summed E-state index contributed by atoms with van der Waals surface area (Å²) in [5.74, 6) is 0. The number of aromatic nitrogens is 3. The van der Waals surface area contributed by atoms with Crippen molar-refractivity contribution >= 4 is 21.9 Å². The first-order valence-corrected chi connectivity index (χ1v) is 6.19. The number of fused-ring (bicyclic) bond motifs is 3. The van der Waals surface area contributed by atoms with Crippen LogP contribution in [0.3, 0.4) is 0 Å². The zero-order valence-corrected chi connectivity index (χ0v) is 10.1. The Morgan fingerprint density at radius 1 is 1.06 bits per heavy atom. The number of unbranched alkanes of at least 4 members (excludes halogenated alkanes) is 1. The van der Waals surface area contributed by atoms with Gasteiger partial charge in [0.2, 0.25) is 0 Å². The molecule has 2 aromatic heterocycles. The number of aryl methyl sites for hydroxylation is 1. The van der Waals surface area contributed by atoms with Crippen LogP contribution >= 0.6 is 0 Å². The van der Waals surface area contributed by atoms with E-state index in [2.05, 4.69) is 20.6 Å². The summed E-state index contributed by atoms with van der Waals surface area (Å²) >= 11 is 0. The van der Waals surface area contributed by atoms with E-state index in [1.165, 1.54) is 0 Å². The lowest BCUT2D eigenvalue weighted by molar-refractivity contribution is 0.281. The fraction of sp³-hybridized carbons (Fsp3) is 0.286. The minimum atomic E-state index is 0.245. The van der Waals surface area contributed by atoms with Crippen LogP contribution in [0.5, 0.6) is 0 Å². The predicted molar refractivity (Wildman–Crippen MR) is 71.4 cm³/mol. The van der Waals surface area contributed by atoms with E-state index in [9.17, 15) is 0 Å². The van der Waals surface area contributed by atoms with Crippen LogP contribution in [-0.4, -0.2) is 26.2 Å². The first-order chi connectivity index (χ1) is 8.90. The normalized spacial score (nSPS) is 11.4. The highest BCUT2D eigenvalue weighted by Crippen LogP contribution is 2.22. The molecule has 0 bridgehead atoms. The Morgan fingerprint density at radius 2 is 1.94 bits per heavy atom. The number of benzene rings is 1. The van der Waals surface area contributed by atoms with Crippen molar-refractivity contribution in [3.05, 3.63) is 36.8 Å². The highest BCUT2D eigenvalue weighted by Gasteiger charge is 2.07. The highest BCUT2D eigenvalue weighted by atomic mass is 16.2. The maximum Gasteiger partial charge on any atom is 0.107 e. The van der Waals surface area contributed by atoms with Gasteiger partial charge in [-0.2, -0.15) is 0 Å². The monoisotopic (exact) mass is 241 g/mol. The van der Waals surface area contributed by atoms with Crippen LogP contribution in [0.25, 0.3) is 21.9 Å². The number of rotatable bonds is 4. The van der Waals surface area contributed by atoms with Gasteiger partial charge in [0.25, 0.3) is 0 Å². The molecule has 0 spiro atoms. The van der Waals surface area contributed by atoms with Gasteiger partial charge in [0, 0.05) is 18.5 Å². The van der Waals surface area contributed by atoms with E-state index in [1.54, 1.807) is 0 Å². The fourth-order valence-electron chi connectivity index (χ4n) is 2.27. The molecule has 1 aromatic carbocycles. The second-order valence-electron chi connectivity index (χ2n) is 4.38. The van der Waals surface area contributed by atoms with Crippen molar-refractivity contribution in [1.29, 1.82) is 0 Å². The summed E-state index contributed by atoms with van der Waals surface area (Å²) in [5.41, 5.74) is 3.06. The molecule has 3 aromatic rings. The molecule has 92 valence electrons. The topological polar surface area (TPSA) is 50.9 Å². The van der Waals surface area contributed by atoms with Crippen molar-refractivity contribution in [2.45, 2.75) is 19.4 Å². The van der Waals surface area contributed by atoms with Crippen LogP contribution in [0.15, 0.2) is 36.8 Å². The van der Waals surface area contributed by atoms with Crippen LogP contribution < -0.4 is 0 Å². The Balaban J connectivity index is 2.12. The maximum absolute atomic E-state index is 8.85. The number of pyridine rings is 1. The molecule has 0 saturated heterocycles. The van der Waals surface area contributed by atoms with E-state index >= 15 is 0 Å². The predicted octanol–water partition coefficient (Wildman–Crippen LogP) is 2.36. The second kappa shape index (κ2) is 4.74. The lowest BCUT2D eigenvalue weighted by Crippen LogP contribution is -1.98. The highest BCUT2D eigenvalue weighted by molar-refractivity contribution is 6.01. The number of aliphatic hydroxyl groups is 1. The van der Waals surface area contributed by atoms with Gasteiger partial charge < -0.3 is 9.67 Å². The smallest absolute Gasteiger partial charge is 0.107 e. The van der Waals surface area contributed by atoms with Crippen LogP contribution in [0.4, 0.5) is 0 Å². The van der Waals surface area contributed by atoms with Crippen LogP contribution in [-0.2, 0) is 6.54 Å². The van der Waals surface area contributed by atoms with Crippen molar-refractivity contribution < 1.29 is 5.11 Å².